The van der Waals surface area contributed by atoms with E-state index in [0.717, 1.165) is 0 Å². The molecule has 6 nitrogen and oxygen atoms in total. The van der Waals surface area contributed by atoms with E-state index in [0.29, 0.717) is 25.7 Å². The Kier molecular flexibility index (Phi) is 6.82. The van der Waals surface area contributed by atoms with Crippen LogP contribution in [0.15, 0.2) is 0 Å². The third kappa shape index (κ3) is 7.62. The molecule has 0 saturated heterocycles. The number of rotatable bonds is 2. The van der Waals surface area contributed by atoms with E-state index in [1.807, 2.05) is 41.5 Å². The number of carbonyl (C=O) groups excluding carboxylic acids is 2. The first-order valence-electron chi connectivity index (χ1n) is 8.58. The summed E-state index contributed by atoms with van der Waals surface area (Å²) in [5.74, 6) is -0.487. The Hall–Kier alpha value is -1.14. The van der Waals surface area contributed by atoms with Crippen molar-refractivity contribution >= 4 is 11.9 Å². The number of esters is 2. The summed E-state index contributed by atoms with van der Waals surface area (Å²) in [6, 6.07) is 0. The molecule has 2 N–H and O–H groups in total. The van der Waals surface area contributed by atoms with Crippen LogP contribution in [0.2, 0.25) is 0 Å². The van der Waals surface area contributed by atoms with Crippen molar-refractivity contribution < 1.29 is 29.3 Å². The van der Waals surface area contributed by atoms with E-state index in [-0.39, 0.29) is 36.0 Å². The first-order chi connectivity index (χ1) is 10.8. The molecule has 24 heavy (non-hydrogen) atoms. The predicted octanol–water partition coefficient (Wildman–Crippen LogP) is 2.20. The van der Waals surface area contributed by atoms with Crippen molar-refractivity contribution in [3.05, 3.63) is 0 Å². The number of hydrogen-bond acceptors (Lipinski definition) is 6. The number of carbonyl (C=O) groups is 2. The van der Waals surface area contributed by atoms with E-state index in [2.05, 4.69) is 0 Å². The van der Waals surface area contributed by atoms with Crippen molar-refractivity contribution in [3.8, 4) is 0 Å². The topological polar surface area (TPSA) is 93.1 Å². The Morgan fingerprint density at radius 3 is 1.12 bits per heavy atom. The summed E-state index contributed by atoms with van der Waals surface area (Å²) in [7, 11) is 0. The molecule has 2 aliphatic rings. The van der Waals surface area contributed by atoms with Crippen LogP contribution in [0.25, 0.3) is 0 Å². The molecule has 140 valence electrons. The minimum Gasteiger partial charge on any atom is -0.460 e. The molecule has 0 unspecified atom stereocenters. The lowest BCUT2D eigenvalue weighted by Crippen LogP contribution is -2.38. The van der Waals surface area contributed by atoms with Gasteiger partial charge in [-0.25, -0.2) is 0 Å². The summed E-state index contributed by atoms with van der Waals surface area (Å²) in [5.41, 5.74) is -0.810. The molecule has 2 saturated carbocycles. The number of aliphatic hydroxyl groups is 2. The van der Waals surface area contributed by atoms with E-state index in [1.165, 1.54) is 0 Å². The standard InChI is InChI=1S/2C9H16O3/c2*1-9(2,3)12-8(11)6-4-7(10)5-6/h2*6-7,10H,4-5H2,1-3H3. The van der Waals surface area contributed by atoms with Crippen LogP contribution in [0.1, 0.15) is 67.2 Å². The molecule has 0 aromatic heterocycles. The van der Waals surface area contributed by atoms with E-state index in [1.54, 1.807) is 0 Å². The van der Waals surface area contributed by atoms with E-state index in [4.69, 9.17) is 19.7 Å². The second kappa shape index (κ2) is 7.83. The van der Waals surface area contributed by atoms with Gasteiger partial charge in [0.2, 0.25) is 0 Å². The van der Waals surface area contributed by atoms with Crippen LogP contribution in [0.4, 0.5) is 0 Å². The second-order valence-corrected chi connectivity index (χ2v) is 8.71. The Morgan fingerprint density at radius 1 is 0.708 bits per heavy atom. The van der Waals surface area contributed by atoms with Gasteiger partial charge in [-0.1, -0.05) is 0 Å². The lowest BCUT2D eigenvalue weighted by Gasteiger charge is -2.32. The van der Waals surface area contributed by atoms with Crippen LogP contribution in [0.3, 0.4) is 0 Å². The Bertz CT molecular complexity index is 391. The van der Waals surface area contributed by atoms with Crippen molar-refractivity contribution in [2.75, 3.05) is 0 Å². The minimum absolute atomic E-state index is 0.0702. The SMILES string of the molecule is CC(C)(C)OC(=O)C1CC(O)C1.CC(C)(C)OC(=O)C1CC(O)C1. The lowest BCUT2D eigenvalue weighted by molar-refractivity contribution is -0.168. The highest BCUT2D eigenvalue weighted by molar-refractivity contribution is 5.74. The molecule has 0 aromatic carbocycles. The van der Waals surface area contributed by atoms with Gasteiger partial charge in [-0.3, -0.25) is 9.59 Å². The molecular formula is C18H32O6. The maximum atomic E-state index is 11.3. The zero-order valence-electron chi connectivity index (χ0n) is 15.7. The highest BCUT2D eigenvalue weighted by atomic mass is 16.6. The first kappa shape index (κ1) is 20.9. The zero-order valence-corrected chi connectivity index (χ0v) is 15.7. The van der Waals surface area contributed by atoms with Crippen LogP contribution in [0.5, 0.6) is 0 Å². The van der Waals surface area contributed by atoms with Gasteiger partial charge in [0.15, 0.2) is 0 Å². The first-order valence-corrected chi connectivity index (χ1v) is 8.58. The maximum Gasteiger partial charge on any atom is 0.309 e. The molecule has 2 rings (SSSR count). The van der Waals surface area contributed by atoms with E-state index < -0.39 is 11.2 Å². The van der Waals surface area contributed by atoms with Crippen LogP contribution in [-0.2, 0) is 19.1 Å². The molecule has 2 aliphatic carbocycles. The molecule has 6 heteroatoms. The predicted molar refractivity (Wildman–Crippen MR) is 89.2 cm³/mol. The highest BCUT2D eigenvalue weighted by Gasteiger charge is 2.36. The molecule has 0 aromatic rings. The van der Waals surface area contributed by atoms with E-state index in [9.17, 15) is 9.59 Å². The molecule has 0 bridgehead atoms. The van der Waals surface area contributed by atoms with Crippen molar-refractivity contribution in [1.82, 2.24) is 0 Å². The number of hydrogen-bond donors (Lipinski definition) is 2. The van der Waals surface area contributed by atoms with Crippen LogP contribution in [-0.4, -0.2) is 45.6 Å². The van der Waals surface area contributed by atoms with Crippen LogP contribution >= 0.6 is 0 Å². The highest BCUT2D eigenvalue weighted by Crippen LogP contribution is 2.30. The molecule has 0 radical (unpaired) electrons. The molecule has 0 spiro atoms. The lowest BCUT2D eigenvalue weighted by atomic mass is 9.82. The summed E-state index contributed by atoms with van der Waals surface area (Å²) in [6.45, 7) is 11.1. The number of ether oxygens (including phenoxy) is 2. The summed E-state index contributed by atoms with van der Waals surface area (Å²) in [4.78, 5) is 22.5. The molecule has 0 atom stereocenters. The smallest absolute Gasteiger partial charge is 0.309 e. The van der Waals surface area contributed by atoms with Crippen molar-refractivity contribution in [3.63, 3.8) is 0 Å². The fraction of sp³-hybridized carbons (Fsp3) is 0.889. The Balaban J connectivity index is 0.000000240. The third-order valence-corrected chi connectivity index (χ3v) is 3.71. The van der Waals surface area contributed by atoms with Gasteiger partial charge in [-0.05, 0) is 67.2 Å². The summed E-state index contributed by atoms with van der Waals surface area (Å²) in [6.07, 6.45) is 1.68. The van der Waals surface area contributed by atoms with Gasteiger partial charge < -0.3 is 19.7 Å². The fourth-order valence-corrected chi connectivity index (χ4v) is 2.33. The summed E-state index contributed by atoms with van der Waals surface area (Å²) >= 11 is 0. The monoisotopic (exact) mass is 344 g/mol. The van der Waals surface area contributed by atoms with Crippen LogP contribution in [0, 0.1) is 11.8 Å². The van der Waals surface area contributed by atoms with E-state index >= 15 is 0 Å². The fourth-order valence-electron chi connectivity index (χ4n) is 2.33. The van der Waals surface area contributed by atoms with Gasteiger partial charge in [0.25, 0.3) is 0 Å². The maximum absolute atomic E-state index is 11.3. The summed E-state index contributed by atoms with van der Waals surface area (Å²) in [5, 5.41) is 17.9. The molecular weight excluding hydrogens is 312 g/mol. The van der Waals surface area contributed by atoms with Gasteiger partial charge in [0, 0.05) is 0 Å². The molecule has 0 amide bonds. The minimum atomic E-state index is -0.405. The third-order valence-electron chi connectivity index (χ3n) is 3.71. The second-order valence-electron chi connectivity index (χ2n) is 8.71. The van der Waals surface area contributed by atoms with Gasteiger partial charge in [-0.2, -0.15) is 0 Å². The van der Waals surface area contributed by atoms with Gasteiger partial charge in [-0.15, -0.1) is 0 Å². The van der Waals surface area contributed by atoms with Gasteiger partial charge in [0.1, 0.15) is 11.2 Å². The number of aliphatic hydroxyl groups excluding tert-OH is 2. The van der Waals surface area contributed by atoms with Crippen molar-refractivity contribution in [2.24, 2.45) is 11.8 Å². The van der Waals surface area contributed by atoms with Gasteiger partial charge >= 0.3 is 11.9 Å². The van der Waals surface area contributed by atoms with Crippen LogP contribution < -0.4 is 0 Å². The Morgan fingerprint density at radius 2 is 0.958 bits per heavy atom. The van der Waals surface area contributed by atoms with Gasteiger partial charge in [0.05, 0.1) is 24.0 Å². The van der Waals surface area contributed by atoms with Crippen molar-refractivity contribution in [2.45, 2.75) is 90.6 Å². The summed E-state index contributed by atoms with van der Waals surface area (Å²) < 4.78 is 10.3. The Labute approximate surface area is 144 Å². The molecule has 2 fully saturated rings. The van der Waals surface area contributed by atoms with Crippen molar-refractivity contribution in [1.29, 1.82) is 0 Å². The zero-order chi connectivity index (χ0) is 18.7. The quantitative estimate of drug-likeness (QED) is 0.746. The molecule has 0 heterocycles. The largest absolute Gasteiger partial charge is 0.460 e. The molecule has 0 aliphatic heterocycles. The normalized spacial score (nSPS) is 29.3. The average Bonchev–Trinajstić information content (AvgIpc) is 2.27. The average molecular weight is 344 g/mol.